The molecular formula is C12H19F3N4O3. The number of ether oxygens (including phenoxy) is 2. The third kappa shape index (κ3) is 4.15. The molecule has 126 valence electrons. The molecule has 2 aliphatic heterocycles. The minimum absolute atomic E-state index is 0.277. The number of hydrogen-bond donors (Lipinski definition) is 0. The van der Waals surface area contributed by atoms with Crippen molar-refractivity contribution in [3.63, 3.8) is 0 Å². The lowest BCUT2D eigenvalue weighted by atomic mass is 10.2. The van der Waals surface area contributed by atoms with Crippen LogP contribution in [-0.2, 0) is 9.47 Å². The number of alkyl halides is 3. The molecule has 2 aliphatic rings. The van der Waals surface area contributed by atoms with Crippen molar-refractivity contribution in [2.24, 2.45) is 5.10 Å². The number of carbonyl (C=O) groups is 1. The fourth-order valence-corrected chi connectivity index (χ4v) is 2.00. The maximum Gasteiger partial charge on any atom is 0.470 e. The summed E-state index contributed by atoms with van der Waals surface area (Å²) in [5, 5.41) is 6.15. The summed E-state index contributed by atoms with van der Waals surface area (Å²) in [6.07, 6.45) is -5.02. The van der Waals surface area contributed by atoms with Gasteiger partial charge in [0.05, 0.1) is 0 Å². The van der Waals surface area contributed by atoms with Gasteiger partial charge in [-0.25, -0.2) is 4.79 Å². The number of hydrazone groups is 1. The Kier molecular flexibility index (Phi) is 4.41. The Morgan fingerprint density at radius 1 is 1.18 bits per heavy atom. The highest BCUT2D eigenvalue weighted by molar-refractivity contribution is 5.82. The van der Waals surface area contributed by atoms with Crippen molar-refractivity contribution in [2.75, 3.05) is 32.9 Å². The normalized spacial score (nSPS) is 20.7. The Morgan fingerprint density at radius 2 is 1.77 bits per heavy atom. The Bertz CT molecular complexity index is 454. The summed E-state index contributed by atoms with van der Waals surface area (Å²) < 4.78 is 47.1. The highest BCUT2D eigenvalue weighted by Gasteiger charge is 2.43. The Labute approximate surface area is 126 Å². The SMILES string of the molecule is CC(C)(C)OC(=O)N1CCN(N2COC(C(F)(F)F)=N2)CC1. The highest BCUT2D eigenvalue weighted by atomic mass is 19.4. The number of hydrogen-bond acceptors (Lipinski definition) is 6. The number of rotatable bonds is 1. The fraction of sp³-hybridized carbons (Fsp3) is 0.833. The van der Waals surface area contributed by atoms with Gasteiger partial charge in [-0.2, -0.15) is 23.3 Å². The topological polar surface area (TPSA) is 57.6 Å². The summed E-state index contributed by atoms with van der Waals surface area (Å²) in [7, 11) is 0. The van der Waals surface area contributed by atoms with Crippen molar-refractivity contribution in [3.8, 4) is 0 Å². The second kappa shape index (κ2) is 5.82. The van der Waals surface area contributed by atoms with Crippen LogP contribution in [-0.4, -0.2) is 71.7 Å². The van der Waals surface area contributed by atoms with Gasteiger partial charge in [0.2, 0.25) is 0 Å². The minimum atomic E-state index is -4.59. The second-order valence-electron chi connectivity index (χ2n) is 5.97. The highest BCUT2D eigenvalue weighted by Crippen LogP contribution is 2.23. The summed E-state index contributed by atoms with van der Waals surface area (Å²) >= 11 is 0. The largest absolute Gasteiger partial charge is 0.470 e. The van der Waals surface area contributed by atoms with Crippen LogP contribution in [0.1, 0.15) is 20.8 Å². The van der Waals surface area contributed by atoms with E-state index in [1.165, 1.54) is 4.90 Å². The number of carbonyl (C=O) groups excluding carboxylic acids is 1. The van der Waals surface area contributed by atoms with Crippen LogP contribution < -0.4 is 0 Å². The van der Waals surface area contributed by atoms with Gasteiger partial charge in [-0.15, -0.1) is 5.10 Å². The van der Waals surface area contributed by atoms with Crippen LogP contribution in [0.5, 0.6) is 0 Å². The Balaban J connectivity index is 1.86. The van der Waals surface area contributed by atoms with Gasteiger partial charge in [0.25, 0.3) is 0 Å². The van der Waals surface area contributed by atoms with Gasteiger partial charge in [0.15, 0.2) is 6.73 Å². The van der Waals surface area contributed by atoms with Gasteiger partial charge < -0.3 is 14.4 Å². The van der Waals surface area contributed by atoms with E-state index in [1.54, 1.807) is 25.8 Å². The molecule has 1 amide bonds. The van der Waals surface area contributed by atoms with E-state index in [-0.39, 0.29) is 6.73 Å². The van der Waals surface area contributed by atoms with Crippen molar-refractivity contribution in [1.29, 1.82) is 0 Å². The smallest absolute Gasteiger partial charge is 0.449 e. The zero-order valence-electron chi connectivity index (χ0n) is 12.7. The first-order valence-electron chi connectivity index (χ1n) is 6.85. The first kappa shape index (κ1) is 16.7. The molecular weight excluding hydrogens is 305 g/mol. The molecule has 0 saturated carbocycles. The molecule has 1 fully saturated rings. The zero-order chi connectivity index (χ0) is 16.5. The summed E-state index contributed by atoms with van der Waals surface area (Å²) in [6.45, 7) is 6.46. The zero-order valence-corrected chi connectivity index (χ0v) is 12.7. The molecule has 0 unspecified atom stereocenters. The van der Waals surface area contributed by atoms with Gasteiger partial charge in [0, 0.05) is 26.2 Å². The third-order valence-corrected chi connectivity index (χ3v) is 3.00. The lowest BCUT2D eigenvalue weighted by molar-refractivity contribution is -0.0889. The quantitative estimate of drug-likeness (QED) is 0.734. The molecule has 1 saturated heterocycles. The maximum atomic E-state index is 12.5. The fourth-order valence-electron chi connectivity index (χ4n) is 2.00. The monoisotopic (exact) mass is 324 g/mol. The number of amides is 1. The van der Waals surface area contributed by atoms with Crippen LogP contribution in [0, 0.1) is 0 Å². The third-order valence-electron chi connectivity index (χ3n) is 3.00. The predicted molar refractivity (Wildman–Crippen MR) is 70.7 cm³/mol. The van der Waals surface area contributed by atoms with Crippen LogP contribution in [0.3, 0.4) is 0 Å². The average molecular weight is 324 g/mol. The molecule has 7 nitrogen and oxygen atoms in total. The lowest BCUT2D eigenvalue weighted by Crippen LogP contribution is -2.53. The van der Waals surface area contributed by atoms with Gasteiger partial charge in [-0.1, -0.05) is 0 Å². The molecule has 0 N–H and O–H groups in total. The molecule has 0 aromatic carbocycles. The lowest BCUT2D eigenvalue weighted by Gasteiger charge is -2.37. The van der Waals surface area contributed by atoms with E-state index >= 15 is 0 Å². The van der Waals surface area contributed by atoms with Crippen molar-refractivity contribution >= 4 is 12.0 Å². The summed E-state index contributed by atoms with van der Waals surface area (Å²) in [6, 6.07) is 0. The van der Waals surface area contributed by atoms with E-state index in [4.69, 9.17) is 4.74 Å². The molecule has 2 rings (SSSR count). The molecule has 2 heterocycles. The van der Waals surface area contributed by atoms with E-state index in [1.807, 2.05) is 0 Å². The standard InChI is InChI=1S/C12H19F3N4O3/c1-11(2,3)22-10(20)17-4-6-18(7-5-17)19-8-21-9(16-19)12(13,14)15/h4-8H2,1-3H3. The first-order chi connectivity index (χ1) is 10.1. The van der Waals surface area contributed by atoms with Crippen molar-refractivity contribution in [3.05, 3.63) is 0 Å². The Morgan fingerprint density at radius 3 is 2.23 bits per heavy atom. The molecule has 0 spiro atoms. The van der Waals surface area contributed by atoms with Crippen LogP contribution >= 0.6 is 0 Å². The predicted octanol–water partition coefficient (Wildman–Crippen LogP) is 1.62. The second-order valence-corrected chi connectivity index (χ2v) is 5.97. The molecule has 0 aromatic rings. The molecule has 0 aromatic heterocycles. The summed E-state index contributed by atoms with van der Waals surface area (Å²) in [4.78, 5) is 13.4. The van der Waals surface area contributed by atoms with Crippen molar-refractivity contribution in [1.82, 2.24) is 15.0 Å². The molecule has 0 atom stereocenters. The molecule has 22 heavy (non-hydrogen) atoms. The van der Waals surface area contributed by atoms with E-state index in [2.05, 4.69) is 9.84 Å². The van der Waals surface area contributed by atoms with Gasteiger partial charge in [-0.3, -0.25) is 0 Å². The summed E-state index contributed by atoms with van der Waals surface area (Å²) in [5.74, 6) is -1.25. The first-order valence-corrected chi connectivity index (χ1v) is 6.85. The van der Waals surface area contributed by atoms with Crippen molar-refractivity contribution in [2.45, 2.75) is 32.5 Å². The Hall–Kier alpha value is -1.71. The van der Waals surface area contributed by atoms with Crippen LogP contribution in [0.4, 0.5) is 18.0 Å². The minimum Gasteiger partial charge on any atom is -0.449 e. The number of piperazine rings is 1. The van der Waals surface area contributed by atoms with E-state index in [0.717, 1.165) is 5.12 Å². The van der Waals surface area contributed by atoms with E-state index in [9.17, 15) is 18.0 Å². The maximum absolute atomic E-state index is 12.5. The summed E-state index contributed by atoms with van der Waals surface area (Å²) in [5.41, 5.74) is -0.580. The number of hydrazine groups is 1. The molecule has 0 aliphatic carbocycles. The molecule has 0 bridgehead atoms. The van der Waals surface area contributed by atoms with Gasteiger partial charge in [0.1, 0.15) is 5.60 Å². The average Bonchev–Trinajstić information content (AvgIpc) is 2.86. The van der Waals surface area contributed by atoms with Crippen LogP contribution in [0.25, 0.3) is 0 Å². The van der Waals surface area contributed by atoms with Crippen LogP contribution in [0.15, 0.2) is 5.10 Å². The van der Waals surface area contributed by atoms with Gasteiger partial charge in [-0.05, 0) is 20.8 Å². The molecule has 10 heteroatoms. The van der Waals surface area contributed by atoms with E-state index < -0.39 is 23.8 Å². The van der Waals surface area contributed by atoms with Gasteiger partial charge >= 0.3 is 18.2 Å². The number of nitrogens with zero attached hydrogens (tertiary/aromatic N) is 4. The number of halogens is 3. The van der Waals surface area contributed by atoms with Crippen LogP contribution in [0.2, 0.25) is 0 Å². The van der Waals surface area contributed by atoms with E-state index in [0.29, 0.717) is 26.2 Å². The molecule has 0 radical (unpaired) electrons. The van der Waals surface area contributed by atoms with Crippen molar-refractivity contribution < 1.29 is 27.4 Å².